The molecule has 0 heterocycles. The molecule has 0 bridgehead atoms. The second kappa shape index (κ2) is 10.1. The molecule has 0 saturated carbocycles. The number of amides is 1. The van der Waals surface area contributed by atoms with Crippen molar-refractivity contribution in [3.05, 3.63) is 0 Å². The van der Waals surface area contributed by atoms with Crippen molar-refractivity contribution >= 4 is 11.9 Å². The maximum atomic E-state index is 11.3. The van der Waals surface area contributed by atoms with Crippen LogP contribution in [0.15, 0.2) is 0 Å². The van der Waals surface area contributed by atoms with E-state index < -0.39 is 5.97 Å². The van der Waals surface area contributed by atoms with Crippen molar-refractivity contribution < 1.29 is 14.7 Å². The molecule has 1 unspecified atom stereocenters. The molecule has 1 atom stereocenters. The summed E-state index contributed by atoms with van der Waals surface area (Å²) in [6, 6.07) is 0.152. The summed E-state index contributed by atoms with van der Waals surface area (Å²) in [5.41, 5.74) is 5.58. The van der Waals surface area contributed by atoms with Crippen molar-refractivity contribution in [2.75, 3.05) is 6.54 Å². The molecule has 0 fully saturated rings. The molecular weight excluding hydrogens is 220 g/mol. The van der Waals surface area contributed by atoms with E-state index in [9.17, 15) is 9.59 Å². The number of unbranched alkanes of at least 4 members (excludes halogenated alkanes) is 2. The molecule has 1 amide bonds. The van der Waals surface area contributed by atoms with Crippen LogP contribution in [0.25, 0.3) is 0 Å². The minimum atomic E-state index is -0.759. The SMILES string of the molecule is CC(N)CCCC(=O)NCCCCCC(=O)O. The third kappa shape index (κ3) is 12.8. The van der Waals surface area contributed by atoms with Crippen molar-refractivity contribution in [2.45, 2.75) is 57.9 Å². The number of nitrogens with one attached hydrogen (secondary N) is 1. The van der Waals surface area contributed by atoms with Gasteiger partial charge in [0.1, 0.15) is 0 Å². The number of aliphatic carboxylic acids is 1. The number of nitrogens with two attached hydrogens (primary N) is 1. The highest BCUT2D eigenvalue weighted by molar-refractivity contribution is 5.75. The van der Waals surface area contributed by atoms with Gasteiger partial charge in [-0.1, -0.05) is 6.42 Å². The molecule has 0 aliphatic heterocycles. The third-order valence-corrected chi connectivity index (χ3v) is 2.45. The predicted molar refractivity (Wildman–Crippen MR) is 66.6 cm³/mol. The standard InChI is InChI=1S/C12H24N2O3/c1-10(13)6-5-7-11(15)14-9-4-2-3-8-12(16)17/h10H,2-9,13H2,1H3,(H,14,15)(H,16,17). The van der Waals surface area contributed by atoms with E-state index in [1.165, 1.54) is 0 Å². The van der Waals surface area contributed by atoms with E-state index in [1.54, 1.807) is 0 Å². The summed E-state index contributed by atoms with van der Waals surface area (Å²) in [6.45, 7) is 2.57. The summed E-state index contributed by atoms with van der Waals surface area (Å²) in [5, 5.41) is 11.2. The fourth-order valence-corrected chi connectivity index (χ4v) is 1.48. The lowest BCUT2D eigenvalue weighted by atomic mass is 10.1. The summed E-state index contributed by atoms with van der Waals surface area (Å²) in [4.78, 5) is 21.6. The average Bonchev–Trinajstić information content (AvgIpc) is 2.22. The summed E-state index contributed by atoms with van der Waals surface area (Å²) in [5.74, 6) is -0.700. The molecule has 0 rings (SSSR count). The van der Waals surface area contributed by atoms with Gasteiger partial charge < -0.3 is 16.2 Å². The lowest BCUT2D eigenvalue weighted by Gasteiger charge is -2.06. The van der Waals surface area contributed by atoms with Crippen molar-refractivity contribution in [3.63, 3.8) is 0 Å². The highest BCUT2D eigenvalue weighted by Crippen LogP contribution is 2.00. The first-order valence-corrected chi connectivity index (χ1v) is 6.26. The Balaban J connectivity index is 3.24. The maximum absolute atomic E-state index is 11.3. The van der Waals surface area contributed by atoms with E-state index in [-0.39, 0.29) is 18.4 Å². The Hall–Kier alpha value is -1.10. The molecule has 100 valence electrons. The summed E-state index contributed by atoms with van der Waals surface area (Å²) in [7, 11) is 0. The molecule has 0 aromatic carbocycles. The number of hydrogen-bond acceptors (Lipinski definition) is 3. The highest BCUT2D eigenvalue weighted by atomic mass is 16.4. The molecule has 0 saturated heterocycles. The quantitative estimate of drug-likeness (QED) is 0.504. The van der Waals surface area contributed by atoms with E-state index in [0.29, 0.717) is 19.4 Å². The Morgan fingerprint density at radius 2 is 1.88 bits per heavy atom. The van der Waals surface area contributed by atoms with Gasteiger partial charge in [-0.15, -0.1) is 0 Å². The zero-order valence-corrected chi connectivity index (χ0v) is 10.6. The summed E-state index contributed by atoms with van der Waals surface area (Å²) >= 11 is 0. The fourth-order valence-electron chi connectivity index (χ4n) is 1.48. The molecule has 0 aliphatic carbocycles. The van der Waals surface area contributed by atoms with E-state index in [0.717, 1.165) is 25.7 Å². The first-order chi connectivity index (χ1) is 8.02. The number of hydrogen-bond donors (Lipinski definition) is 3. The van der Waals surface area contributed by atoms with Gasteiger partial charge in [0, 0.05) is 25.4 Å². The summed E-state index contributed by atoms with van der Waals surface area (Å²) in [6.07, 6.45) is 4.78. The van der Waals surface area contributed by atoms with Crippen LogP contribution in [-0.2, 0) is 9.59 Å². The number of carboxylic acids is 1. The Bertz CT molecular complexity index is 230. The van der Waals surface area contributed by atoms with Crippen molar-refractivity contribution in [1.29, 1.82) is 0 Å². The van der Waals surface area contributed by atoms with Gasteiger partial charge in [0.2, 0.25) is 5.91 Å². The molecular formula is C12H24N2O3. The van der Waals surface area contributed by atoms with Gasteiger partial charge in [0.05, 0.1) is 0 Å². The first-order valence-electron chi connectivity index (χ1n) is 6.26. The zero-order valence-electron chi connectivity index (χ0n) is 10.6. The van der Waals surface area contributed by atoms with Gasteiger partial charge in [0.15, 0.2) is 0 Å². The predicted octanol–water partition coefficient (Wildman–Crippen LogP) is 1.27. The van der Waals surface area contributed by atoms with Gasteiger partial charge in [-0.25, -0.2) is 0 Å². The van der Waals surface area contributed by atoms with Crippen molar-refractivity contribution in [1.82, 2.24) is 5.32 Å². The lowest BCUT2D eigenvalue weighted by molar-refractivity contribution is -0.137. The third-order valence-electron chi connectivity index (χ3n) is 2.45. The van der Waals surface area contributed by atoms with E-state index >= 15 is 0 Å². The topological polar surface area (TPSA) is 92.4 Å². The second-order valence-electron chi connectivity index (χ2n) is 4.42. The second-order valence-corrected chi connectivity index (χ2v) is 4.42. The Labute approximate surface area is 103 Å². The minimum absolute atomic E-state index is 0.0592. The number of rotatable bonds is 10. The first kappa shape index (κ1) is 15.9. The number of carbonyl (C=O) groups is 2. The monoisotopic (exact) mass is 244 g/mol. The summed E-state index contributed by atoms with van der Waals surface area (Å²) < 4.78 is 0. The van der Waals surface area contributed by atoms with Crippen LogP contribution in [0.3, 0.4) is 0 Å². The maximum Gasteiger partial charge on any atom is 0.303 e. The van der Waals surface area contributed by atoms with E-state index in [2.05, 4.69) is 5.32 Å². The number of carbonyl (C=O) groups excluding carboxylic acids is 1. The van der Waals surface area contributed by atoms with Crippen LogP contribution in [0.4, 0.5) is 0 Å². The Kier molecular flexibility index (Phi) is 9.43. The van der Waals surface area contributed by atoms with E-state index in [4.69, 9.17) is 10.8 Å². The fraction of sp³-hybridized carbons (Fsp3) is 0.833. The van der Waals surface area contributed by atoms with Crippen molar-refractivity contribution in [2.24, 2.45) is 5.73 Å². The lowest BCUT2D eigenvalue weighted by Crippen LogP contribution is -2.24. The molecule has 0 aliphatic rings. The van der Waals surface area contributed by atoms with Crippen LogP contribution in [0, 0.1) is 0 Å². The van der Waals surface area contributed by atoms with Crippen LogP contribution in [0.2, 0.25) is 0 Å². The Morgan fingerprint density at radius 3 is 2.47 bits per heavy atom. The highest BCUT2D eigenvalue weighted by Gasteiger charge is 2.02. The zero-order chi connectivity index (χ0) is 13.1. The average molecular weight is 244 g/mol. The van der Waals surface area contributed by atoms with Gasteiger partial charge in [-0.3, -0.25) is 9.59 Å². The molecule has 0 aromatic rings. The van der Waals surface area contributed by atoms with E-state index in [1.807, 2.05) is 6.92 Å². The van der Waals surface area contributed by atoms with Crippen LogP contribution in [0.5, 0.6) is 0 Å². The normalized spacial score (nSPS) is 12.1. The molecule has 5 heteroatoms. The van der Waals surface area contributed by atoms with Crippen LogP contribution < -0.4 is 11.1 Å². The molecule has 4 N–H and O–H groups in total. The van der Waals surface area contributed by atoms with Crippen LogP contribution in [0.1, 0.15) is 51.9 Å². The molecule has 0 aromatic heterocycles. The molecule has 0 spiro atoms. The largest absolute Gasteiger partial charge is 0.481 e. The van der Waals surface area contributed by atoms with Gasteiger partial charge >= 0.3 is 5.97 Å². The van der Waals surface area contributed by atoms with Crippen molar-refractivity contribution in [3.8, 4) is 0 Å². The van der Waals surface area contributed by atoms with Crippen LogP contribution in [-0.4, -0.2) is 29.6 Å². The smallest absolute Gasteiger partial charge is 0.303 e. The Morgan fingerprint density at radius 1 is 1.18 bits per heavy atom. The van der Waals surface area contributed by atoms with Gasteiger partial charge in [-0.05, 0) is 32.6 Å². The molecule has 5 nitrogen and oxygen atoms in total. The molecule has 0 radical (unpaired) electrons. The molecule has 17 heavy (non-hydrogen) atoms. The number of carboxylic acid groups (broad SMARTS) is 1. The van der Waals surface area contributed by atoms with Gasteiger partial charge in [-0.2, -0.15) is 0 Å². The van der Waals surface area contributed by atoms with Gasteiger partial charge in [0.25, 0.3) is 0 Å². The van der Waals surface area contributed by atoms with Crippen LogP contribution >= 0.6 is 0 Å². The minimum Gasteiger partial charge on any atom is -0.481 e.